The Bertz CT molecular complexity index is 1100. The van der Waals surface area contributed by atoms with E-state index >= 15 is 0 Å². The van der Waals surface area contributed by atoms with Gasteiger partial charge in [0.15, 0.2) is 0 Å². The van der Waals surface area contributed by atoms with E-state index in [1.165, 1.54) is 29.8 Å². The highest BCUT2D eigenvalue weighted by Crippen LogP contribution is 2.32. The lowest BCUT2D eigenvalue weighted by molar-refractivity contribution is -0.384. The minimum absolute atomic E-state index is 0.0546. The highest BCUT2D eigenvalue weighted by Gasteiger charge is 2.24. The van der Waals surface area contributed by atoms with Gasteiger partial charge in [-0.15, -0.1) is 0 Å². The molecule has 1 aliphatic rings. The number of halogens is 1. The van der Waals surface area contributed by atoms with E-state index in [9.17, 15) is 14.9 Å². The maximum absolute atomic E-state index is 12.7. The first-order valence-electron chi connectivity index (χ1n) is 9.20. The van der Waals surface area contributed by atoms with Crippen LogP contribution in [0.4, 0.5) is 11.4 Å². The molecule has 0 atom stereocenters. The van der Waals surface area contributed by atoms with Gasteiger partial charge in [0.1, 0.15) is 5.02 Å². The predicted molar refractivity (Wildman–Crippen MR) is 109 cm³/mol. The largest absolute Gasteiger partial charge is 0.369 e. The predicted octanol–water partition coefficient (Wildman–Crippen LogP) is 2.91. The van der Waals surface area contributed by atoms with Gasteiger partial charge >= 0.3 is 0 Å². The van der Waals surface area contributed by atoms with Crippen molar-refractivity contribution in [2.75, 3.05) is 18.0 Å². The number of anilines is 1. The number of nitro groups is 1. The van der Waals surface area contributed by atoms with Crippen molar-refractivity contribution in [1.82, 2.24) is 19.6 Å². The normalized spacial score (nSPS) is 14.9. The monoisotopic (exact) mass is 414 g/mol. The number of aromatic nitrogens is 4. The molecule has 0 aliphatic carbocycles. The third kappa shape index (κ3) is 3.73. The smallest absolute Gasteiger partial charge is 0.292 e. The van der Waals surface area contributed by atoms with Gasteiger partial charge in [0.05, 0.1) is 28.7 Å². The Hall–Kier alpha value is -3.20. The summed E-state index contributed by atoms with van der Waals surface area (Å²) in [6.07, 6.45) is 7.40. The van der Waals surface area contributed by atoms with E-state index in [4.69, 9.17) is 11.6 Å². The van der Waals surface area contributed by atoms with Crippen molar-refractivity contribution < 1.29 is 4.92 Å². The number of rotatable bonds is 4. The molecule has 0 radical (unpaired) electrons. The van der Waals surface area contributed by atoms with Gasteiger partial charge in [-0.2, -0.15) is 14.9 Å². The summed E-state index contributed by atoms with van der Waals surface area (Å²) in [5.74, 6) is 0.437. The Morgan fingerprint density at radius 2 is 1.83 bits per heavy atom. The van der Waals surface area contributed by atoms with Crippen molar-refractivity contribution in [2.45, 2.75) is 18.8 Å². The van der Waals surface area contributed by atoms with Gasteiger partial charge in [-0.3, -0.25) is 19.6 Å². The summed E-state index contributed by atoms with van der Waals surface area (Å²) >= 11 is 6.38. The first-order chi connectivity index (χ1) is 13.9. The first-order valence-corrected chi connectivity index (χ1v) is 9.58. The van der Waals surface area contributed by atoms with Crippen molar-refractivity contribution in [3.63, 3.8) is 0 Å². The molecular formula is C19H19ClN6O3. The average Bonchev–Trinajstić information content (AvgIpc) is 3.17. The van der Waals surface area contributed by atoms with Crippen LogP contribution in [-0.4, -0.2) is 37.6 Å². The zero-order valence-electron chi connectivity index (χ0n) is 15.7. The molecule has 1 fully saturated rings. The van der Waals surface area contributed by atoms with Crippen molar-refractivity contribution >= 4 is 23.0 Å². The Morgan fingerprint density at radius 1 is 1.14 bits per heavy atom. The van der Waals surface area contributed by atoms with Crippen LogP contribution in [0.2, 0.25) is 5.02 Å². The minimum Gasteiger partial charge on any atom is -0.369 e. The zero-order valence-corrected chi connectivity index (χ0v) is 16.5. The fraction of sp³-hybridized carbons (Fsp3) is 0.316. The van der Waals surface area contributed by atoms with Gasteiger partial charge in [-0.25, -0.2) is 0 Å². The molecule has 0 saturated carbocycles. The molecule has 0 bridgehead atoms. The number of nitro benzene ring substituents is 1. The number of benzene rings is 1. The molecular weight excluding hydrogens is 396 g/mol. The van der Waals surface area contributed by atoms with E-state index in [-0.39, 0.29) is 10.7 Å². The van der Waals surface area contributed by atoms with E-state index in [0.717, 1.165) is 30.6 Å². The van der Waals surface area contributed by atoms with Gasteiger partial charge in [0.25, 0.3) is 11.2 Å². The maximum Gasteiger partial charge on any atom is 0.292 e. The third-order valence-electron chi connectivity index (χ3n) is 5.24. The Balaban J connectivity index is 1.53. The van der Waals surface area contributed by atoms with E-state index < -0.39 is 10.5 Å². The summed E-state index contributed by atoms with van der Waals surface area (Å²) < 4.78 is 2.96. The topological polar surface area (TPSA) is 99.1 Å². The number of hydrogen-bond donors (Lipinski definition) is 0. The molecule has 0 amide bonds. The zero-order chi connectivity index (χ0) is 20.5. The second-order valence-electron chi connectivity index (χ2n) is 7.04. The fourth-order valence-corrected chi connectivity index (χ4v) is 3.90. The van der Waals surface area contributed by atoms with Crippen LogP contribution < -0.4 is 10.5 Å². The lowest BCUT2D eigenvalue weighted by Crippen LogP contribution is -2.35. The Kier molecular flexibility index (Phi) is 5.06. The lowest BCUT2D eigenvalue weighted by atomic mass is 9.91. The van der Waals surface area contributed by atoms with Crippen LogP contribution in [0.5, 0.6) is 0 Å². The molecule has 1 aliphatic heterocycles. The number of nitrogens with zero attached hydrogens (tertiary/aromatic N) is 6. The summed E-state index contributed by atoms with van der Waals surface area (Å²) in [4.78, 5) is 25.1. The second-order valence-corrected chi connectivity index (χ2v) is 7.42. The molecule has 1 saturated heterocycles. The van der Waals surface area contributed by atoms with Gasteiger partial charge < -0.3 is 4.90 Å². The summed E-state index contributed by atoms with van der Waals surface area (Å²) in [6.45, 7) is 1.53. The van der Waals surface area contributed by atoms with Crippen LogP contribution in [0.3, 0.4) is 0 Å². The molecule has 4 rings (SSSR count). The van der Waals surface area contributed by atoms with Gasteiger partial charge in [0, 0.05) is 38.5 Å². The molecule has 1 aromatic carbocycles. The van der Waals surface area contributed by atoms with Crippen LogP contribution in [0.1, 0.15) is 24.3 Å². The highest BCUT2D eigenvalue weighted by atomic mass is 35.5. The van der Waals surface area contributed by atoms with Gasteiger partial charge in [0.2, 0.25) is 0 Å². The molecule has 0 N–H and O–H groups in total. The van der Waals surface area contributed by atoms with Crippen LogP contribution in [0.25, 0.3) is 5.69 Å². The number of aryl methyl sites for hydroxylation is 1. The molecule has 3 heterocycles. The Morgan fingerprint density at radius 3 is 2.41 bits per heavy atom. The first kappa shape index (κ1) is 19.1. The van der Waals surface area contributed by atoms with Crippen LogP contribution in [0.15, 0.2) is 47.7 Å². The molecule has 2 aromatic heterocycles. The summed E-state index contributed by atoms with van der Waals surface area (Å²) in [6, 6.07) is 5.60. The SMILES string of the molecule is Cn1cc(C2CCN(c3cnn(-c4ccc([N+](=O)[O-])cc4)c(=O)c3Cl)CC2)cn1. The van der Waals surface area contributed by atoms with E-state index in [2.05, 4.69) is 15.1 Å². The number of piperidine rings is 1. The van der Waals surface area contributed by atoms with Crippen molar-refractivity contribution in [2.24, 2.45) is 7.05 Å². The minimum atomic E-state index is -0.495. The quantitative estimate of drug-likeness (QED) is 0.480. The molecule has 0 spiro atoms. The molecule has 29 heavy (non-hydrogen) atoms. The second kappa shape index (κ2) is 7.67. The van der Waals surface area contributed by atoms with Crippen LogP contribution in [0, 0.1) is 10.1 Å². The van der Waals surface area contributed by atoms with Crippen LogP contribution >= 0.6 is 11.6 Å². The average molecular weight is 415 g/mol. The highest BCUT2D eigenvalue weighted by molar-refractivity contribution is 6.33. The Labute approximate surface area is 171 Å². The summed E-state index contributed by atoms with van der Waals surface area (Å²) in [7, 11) is 1.91. The van der Waals surface area contributed by atoms with E-state index in [1.54, 1.807) is 10.9 Å². The van der Waals surface area contributed by atoms with Crippen molar-refractivity contribution in [1.29, 1.82) is 0 Å². The summed E-state index contributed by atoms with van der Waals surface area (Å²) in [5, 5.41) is 19.4. The third-order valence-corrected chi connectivity index (χ3v) is 5.59. The standard InChI is InChI=1S/C19H19ClN6O3/c1-23-12-14(10-21-23)13-6-8-24(9-7-13)17-11-22-25(19(27)18(17)20)15-2-4-16(5-3-15)26(28)29/h2-5,10-13H,6-9H2,1H3. The van der Waals surface area contributed by atoms with E-state index in [1.807, 2.05) is 19.4 Å². The van der Waals surface area contributed by atoms with Crippen LogP contribution in [-0.2, 0) is 7.05 Å². The van der Waals surface area contributed by atoms with Gasteiger partial charge in [-0.1, -0.05) is 11.6 Å². The fourth-order valence-electron chi connectivity index (χ4n) is 3.65. The van der Waals surface area contributed by atoms with Crippen molar-refractivity contribution in [3.05, 3.63) is 73.9 Å². The molecule has 10 heteroatoms. The molecule has 0 unspecified atom stereocenters. The van der Waals surface area contributed by atoms with E-state index in [0.29, 0.717) is 17.3 Å². The summed E-state index contributed by atoms with van der Waals surface area (Å²) in [5.41, 5.74) is 1.75. The van der Waals surface area contributed by atoms with Crippen molar-refractivity contribution in [3.8, 4) is 5.69 Å². The molecule has 9 nitrogen and oxygen atoms in total. The lowest BCUT2D eigenvalue weighted by Gasteiger charge is -2.33. The number of hydrogen-bond acceptors (Lipinski definition) is 6. The molecule has 3 aromatic rings. The van der Waals surface area contributed by atoms with Gasteiger partial charge in [-0.05, 0) is 36.5 Å². The molecule has 150 valence electrons. The number of non-ortho nitro benzene ring substituents is 1. The maximum atomic E-state index is 12.7.